The fraction of sp³-hybridized carbons (Fsp3) is 0.455. The molecule has 0 saturated heterocycles. The quantitative estimate of drug-likeness (QED) is 0.367. The maximum atomic E-state index is 11.2. The van der Waals surface area contributed by atoms with Crippen LogP contribution in [0, 0.1) is 10.1 Å². The molecule has 0 atom stereocenters. The van der Waals surface area contributed by atoms with E-state index >= 15 is 0 Å². The molecule has 20 heavy (non-hydrogen) atoms. The average molecular weight is 302 g/mol. The molecule has 4 N–H and O–H groups in total. The second-order valence-corrected chi connectivity index (χ2v) is 5.72. The van der Waals surface area contributed by atoms with Gasteiger partial charge in [-0.15, -0.1) is 0 Å². The summed E-state index contributed by atoms with van der Waals surface area (Å²) >= 11 is 0. The van der Waals surface area contributed by atoms with Crippen LogP contribution in [0.2, 0.25) is 0 Å². The molecule has 0 aliphatic carbocycles. The van der Waals surface area contributed by atoms with Crippen molar-refractivity contribution >= 4 is 21.4 Å². The number of nitro groups is 1. The second-order valence-electron chi connectivity index (χ2n) is 4.16. The third-order valence-electron chi connectivity index (χ3n) is 2.54. The van der Waals surface area contributed by atoms with Crippen molar-refractivity contribution in [2.45, 2.75) is 18.2 Å². The molecule has 0 amide bonds. The van der Waals surface area contributed by atoms with E-state index in [0.29, 0.717) is 13.1 Å². The van der Waals surface area contributed by atoms with E-state index in [9.17, 15) is 18.5 Å². The van der Waals surface area contributed by atoms with Gasteiger partial charge in [-0.05, 0) is 25.1 Å². The fourth-order valence-corrected chi connectivity index (χ4v) is 2.11. The summed E-state index contributed by atoms with van der Waals surface area (Å²) in [6.07, 6.45) is 1.00. The number of nitro benzene ring substituents is 1. The summed E-state index contributed by atoms with van der Waals surface area (Å²) in [5.41, 5.74) is -0.0484. The highest BCUT2D eigenvalue weighted by molar-refractivity contribution is 7.89. The Kier molecular flexibility index (Phi) is 5.86. The first kappa shape index (κ1) is 16.3. The topological polar surface area (TPSA) is 127 Å². The minimum absolute atomic E-state index is 0.265. The number of sulfonamides is 1. The standard InChI is InChI=1S/C11H18N4O4S/c1-2-5-13-6-7-14-10-4-3-9(20(12,18)19)8-11(10)15(16)17/h3-4,8,13-14H,2,5-7H2,1H3,(H2,12,18,19). The number of benzene rings is 1. The Balaban J connectivity index is 2.83. The minimum Gasteiger partial charge on any atom is -0.378 e. The zero-order valence-electron chi connectivity index (χ0n) is 11.1. The number of hydrogen-bond acceptors (Lipinski definition) is 6. The first-order valence-electron chi connectivity index (χ1n) is 6.12. The van der Waals surface area contributed by atoms with Gasteiger partial charge in [0.15, 0.2) is 0 Å². The van der Waals surface area contributed by atoms with Gasteiger partial charge in [0.05, 0.1) is 9.82 Å². The van der Waals surface area contributed by atoms with Crippen LogP contribution in [0.3, 0.4) is 0 Å². The molecule has 0 aliphatic heterocycles. The lowest BCUT2D eigenvalue weighted by atomic mass is 10.2. The van der Waals surface area contributed by atoms with Gasteiger partial charge in [-0.25, -0.2) is 13.6 Å². The zero-order valence-corrected chi connectivity index (χ0v) is 11.9. The molecular weight excluding hydrogens is 284 g/mol. The van der Waals surface area contributed by atoms with Crippen molar-refractivity contribution in [2.75, 3.05) is 25.0 Å². The van der Waals surface area contributed by atoms with Crippen LogP contribution in [0.25, 0.3) is 0 Å². The van der Waals surface area contributed by atoms with E-state index in [0.717, 1.165) is 19.0 Å². The van der Waals surface area contributed by atoms with E-state index in [4.69, 9.17) is 5.14 Å². The normalized spacial score (nSPS) is 11.3. The van der Waals surface area contributed by atoms with E-state index in [2.05, 4.69) is 10.6 Å². The van der Waals surface area contributed by atoms with Gasteiger partial charge in [0.2, 0.25) is 10.0 Å². The summed E-state index contributed by atoms with van der Waals surface area (Å²) in [4.78, 5) is 10.0. The Bertz CT molecular complexity index is 574. The summed E-state index contributed by atoms with van der Waals surface area (Å²) in [6, 6.07) is 3.54. The van der Waals surface area contributed by atoms with Crippen molar-refractivity contribution < 1.29 is 13.3 Å². The lowest BCUT2D eigenvalue weighted by Crippen LogP contribution is -2.23. The van der Waals surface area contributed by atoms with Crippen LogP contribution in [0.4, 0.5) is 11.4 Å². The molecular formula is C11H18N4O4S. The molecule has 0 unspecified atom stereocenters. The highest BCUT2D eigenvalue weighted by Crippen LogP contribution is 2.26. The van der Waals surface area contributed by atoms with Crippen LogP contribution in [-0.2, 0) is 10.0 Å². The summed E-state index contributed by atoms with van der Waals surface area (Å²) < 4.78 is 22.4. The predicted molar refractivity (Wildman–Crippen MR) is 76.1 cm³/mol. The molecule has 1 rings (SSSR count). The molecule has 8 nitrogen and oxygen atoms in total. The van der Waals surface area contributed by atoms with Gasteiger partial charge < -0.3 is 10.6 Å². The highest BCUT2D eigenvalue weighted by Gasteiger charge is 2.18. The highest BCUT2D eigenvalue weighted by atomic mass is 32.2. The molecule has 0 spiro atoms. The molecule has 0 saturated carbocycles. The zero-order chi connectivity index (χ0) is 15.2. The molecule has 0 aromatic heterocycles. The molecule has 1 aromatic carbocycles. The Morgan fingerprint density at radius 3 is 2.55 bits per heavy atom. The predicted octanol–water partition coefficient (Wildman–Crippen LogP) is 0.654. The van der Waals surface area contributed by atoms with Crippen molar-refractivity contribution in [3.05, 3.63) is 28.3 Å². The molecule has 9 heteroatoms. The van der Waals surface area contributed by atoms with Gasteiger partial charge >= 0.3 is 0 Å². The van der Waals surface area contributed by atoms with Crippen molar-refractivity contribution in [1.29, 1.82) is 0 Å². The van der Waals surface area contributed by atoms with Crippen molar-refractivity contribution in [1.82, 2.24) is 5.32 Å². The van der Waals surface area contributed by atoms with E-state index in [-0.39, 0.29) is 16.3 Å². The third kappa shape index (κ3) is 4.76. The van der Waals surface area contributed by atoms with Gasteiger partial charge in [0.1, 0.15) is 5.69 Å². The fourth-order valence-electron chi connectivity index (χ4n) is 1.58. The maximum absolute atomic E-state index is 11.2. The van der Waals surface area contributed by atoms with E-state index in [1.165, 1.54) is 12.1 Å². The van der Waals surface area contributed by atoms with Crippen LogP contribution < -0.4 is 15.8 Å². The van der Waals surface area contributed by atoms with E-state index in [1.807, 2.05) is 6.92 Å². The van der Waals surface area contributed by atoms with E-state index in [1.54, 1.807) is 0 Å². The number of anilines is 1. The number of nitrogens with two attached hydrogens (primary N) is 1. The molecule has 0 fully saturated rings. The summed E-state index contributed by atoms with van der Waals surface area (Å²) in [6.45, 7) is 4.06. The number of nitrogens with one attached hydrogen (secondary N) is 2. The number of primary sulfonamides is 1. The molecule has 1 aromatic rings. The van der Waals surface area contributed by atoms with Gasteiger partial charge in [0, 0.05) is 19.2 Å². The van der Waals surface area contributed by atoms with Gasteiger partial charge in [-0.3, -0.25) is 10.1 Å². The summed E-state index contributed by atoms with van der Waals surface area (Å²) in [5.74, 6) is 0. The van der Waals surface area contributed by atoms with Crippen molar-refractivity contribution in [3.8, 4) is 0 Å². The monoisotopic (exact) mass is 302 g/mol. The SMILES string of the molecule is CCCNCCNc1ccc(S(N)(=O)=O)cc1[N+](=O)[O-]. The maximum Gasteiger partial charge on any atom is 0.293 e. The summed E-state index contributed by atoms with van der Waals surface area (Å²) in [5, 5.41) is 21.9. The molecule has 0 radical (unpaired) electrons. The molecule has 0 heterocycles. The van der Waals surface area contributed by atoms with Crippen LogP contribution in [-0.4, -0.2) is 33.0 Å². The molecule has 0 aliphatic rings. The average Bonchev–Trinajstić information content (AvgIpc) is 2.37. The summed E-state index contributed by atoms with van der Waals surface area (Å²) in [7, 11) is -3.95. The molecule has 112 valence electrons. The Hall–Kier alpha value is -1.71. The number of hydrogen-bond donors (Lipinski definition) is 3. The van der Waals surface area contributed by atoms with E-state index < -0.39 is 14.9 Å². The van der Waals surface area contributed by atoms with Crippen LogP contribution >= 0.6 is 0 Å². The Morgan fingerprint density at radius 2 is 2.00 bits per heavy atom. The Labute approximate surface area is 117 Å². The lowest BCUT2D eigenvalue weighted by Gasteiger charge is -2.08. The van der Waals surface area contributed by atoms with Gasteiger partial charge in [0.25, 0.3) is 5.69 Å². The van der Waals surface area contributed by atoms with Gasteiger partial charge in [-0.1, -0.05) is 6.92 Å². The lowest BCUT2D eigenvalue weighted by molar-refractivity contribution is -0.384. The van der Waals surface area contributed by atoms with Crippen molar-refractivity contribution in [2.24, 2.45) is 5.14 Å². The molecule has 0 bridgehead atoms. The number of nitrogens with zero attached hydrogens (tertiary/aromatic N) is 1. The third-order valence-corrected chi connectivity index (χ3v) is 3.45. The van der Waals surface area contributed by atoms with Crippen LogP contribution in [0.1, 0.15) is 13.3 Å². The van der Waals surface area contributed by atoms with Crippen LogP contribution in [0.5, 0.6) is 0 Å². The second kappa shape index (κ2) is 7.17. The van der Waals surface area contributed by atoms with Crippen molar-refractivity contribution in [3.63, 3.8) is 0 Å². The number of rotatable bonds is 8. The van der Waals surface area contributed by atoms with Gasteiger partial charge in [-0.2, -0.15) is 0 Å². The minimum atomic E-state index is -3.95. The first-order chi connectivity index (χ1) is 9.36. The Morgan fingerprint density at radius 1 is 1.30 bits per heavy atom. The van der Waals surface area contributed by atoms with Crippen LogP contribution in [0.15, 0.2) is 23.1 Å². The smallest absolute Gasteiger partial charge is 0.293 e. The largest absolute Gasteiger partial charge is 0.378 e. The first-order valence-corrected chi connectivity index (χ1v) is 7.66.